The summed E-state index contributed by atoms with van der Waals surface area (Å²) < 4.78 is 7.47. The molecule has 26 heavy (non-hydrogen) atoms. The molecular formula is C19H24N4O3. The van der Waals surface area contributed by atoms with Crippen LogP contribution in [0.4, 0.5) is 0 Å². The first-order valence-corrected chi connectivity index (χ1v) is 9.04. The van der Waals surface area contributed by atoms with Crippen LogP contribution in [0, 0.1) is 0 Å². The number of pyridine rings is 1. The van der Waals surface area contributed by atoms with Gasteiger partial charge in [-0.3, -0.25) is 14.6 Å². The average Bonchev–Trinajstić information content (AvgIpc) is 2.64. The molecule has 0 unspecified atom stereocenters. The molecule has 1 aliphatic heterocycles. The first kappa shape index (κ1) is 18.1. The van der Waals surface area contributed by atoms with E-state index in [0.717, 1.165) is 12.8 Å². The van der Waals surface area contributed by atoms with E-state index in [4.69, 9.17) is 4.74 Å². The molecule has 3 heterocycles. The first-order valence-electron chi connectivity index (χ1n) is 9.04. The highest BCUT2D eigenvalue weighted by Crippen LogP contribution is 2.26. The van der Waals surface area contributed by atoms with Gasteiger partial charge in [0.2, 0.25) is 5.75 Å². The van der Waals surface area contributed by atoms with Crippen molar-refractivity contribution in [2.45, 2.75) is 46.2 Å². The third-order valence-electron chi connectivity index (χ3n) is 4.43. The zero-order valence-corrected chi connectivity index (χ0v) is 15.4. The minimum absolute atomic E-state index is 0.0429. The Balaban J connectivity index is 2.16. The third-order valence-corrected chi connectivity index (χ3v) is 4.43. The Labute approximate surface area is 152 Å². The zero-order chi connectivity index (χ0) is 18.7. The molecule has 0 saturated heterocycles. The first-order chi connectivity index (χ1) is 12.5. The molecule has 0 spiro atoms. The van der Waals surface area contributed by atoms with E-state index in [-0.39, 0.29) is 23.4 Å². The molecule has 0 N–H and O–H groups in total. The number of ether oxygens (including phenoxy) is 1. The van der Waals surface area contributed by atoms with Gasteiger partial charge in [-0.05, 0) is 32.4 Å². The van der Waals surface area contributed by atoms with Crippen molar-refractivity contribution in [3.05, 3.63) is 40.4 Å². The Morgan fingerprint density at radius 3 is 2.69 bits per heavy atom. The normalized spacial score (nSPS) is 13.8. The number of aromatic nitrogens is 3. The van der Waals surface area contributed by atoms with Crippen molar-refractivity contribution in [3.63, 3.8) is 0 Å². The second-order valence-electron chi connectivity index (χ2n) is 6.58. The van der Waals surface area contributed by atoms with Crippen molar-refractivity contribution >= 4 is 5.91 Å². The van der Waals surface area contributed by atoms with E-state index in [1.807, 2.05) is 26.8 Å². The predicted molar refractivity (Wildman–Crippen MR) is 98.3 cm³/mol. The zero-order valence-electron chi connectivity index (χ0n) is 15.4. The van der Waals surface area contributed by atoms with E-state index in [1.54, 1.807) is 27.8 Å². The van der Waals surface area contributed by atoms with Crippen LogP contribution in [0.1, 0.15) is 44.1 Å². The summed E-state index contributed by atoms with van der Waals surface area (Å²) >= 11 is 0. The molecule has 0 bridgehead atoms. The Kier molecular flexibility index (Phi) is 5.35. The second-order valence-corrected chi connectivity index (χ2v) is 6.58. The van der Waals surface area contributed by atoms with Crippen LogP contribution < -0.4 is 10.3 Å². The maximum atomic E-state index is 13.1. The molecule has 2 aromatic rings. The summed E-state index contributed by atoms with van der Waals surface area (Å²) in [6, 6.07) is 5.46. The molecule has 138 valence electrons. The Bertz CT molecular complexity index is 846. The van der Waals surface area contributed by atoms with Crippen LogP contribution in [0.15, 0.2) is 29.2 Å². The fraction of sp³-hybridized carbons (Fsp3) is 0.474. The Hall–Kier alpha value is -2.70. The number of amides is 1. The lowest BCUT2D eigenvalue weighted by atomic mass is 10.1. The van der Waals surface area contributed by atoms with Gasteiger partial charge in [-0.1, -0.05) is 19.4 Å². The minimum atomic E-state index is -0.521. The minimum Gasteiger partial charge on any atom is -0.486 e. The fourth-order valence-electron chi connectivity index (χ4n) is 3.04. The van der Waals surface area contributed by atoms with Gasteiger partial charge in [-0.2, -0.15) is 4.98 Å². The molecule has 0 saturated carbocycles. The lowest BCUT2D eigenvalue weighted by molar-refractivity contribution is 0.0639. The summed E-state index contributed by atoms with van der Waals surface area (Å²) in [4.78, 5) is 36.0. The van der Waals surface area contributed by atoms with E-state index < -0.39 is 5.56 Å². The van der Waals surface area contributed by atoms with Crippen LogP contribution in [0.2, 0.25) is 0 Å². The summed E-state index contributed by atoms with van der Waals surface area (Å²) in [7, 11) is 0. The van der Waals surface area contributed by atoms with Crippen LogP contribution >= 0.6 is 0 Å². The van der Waals surface area contributed by atoms with Crippen LogP contribution in [0.5, 0.6) is 5.75 Å². The highest BCUT2D eigenvalue weighted by molar-refractivity contribution is 5.96. The smallest absolute Gasteiger partial charge is 0.316 e. The van der Waals surface area contributed by atoms with Crippen LogP contribution in [-0.2, 0) is 6.54 Å². The number of carbonyl (C=O) groups excluding carboxylic acids is 1. The number of hydrogen-bond donors (Lipinski definition) is 0. The number of carbonyl (C=O) groups is 1. The molecular weight excluding hydrogens is 332 g/mol. The number of fused-ring (bicyclic) bond motifs is 1. The Morgan fingerprint density at radius 1 is 1.23 bits per heavy atom. The maximum absolute atomic E-state index is 13.1. The quantitative estimate of drug-likeness (QED) is 0.743. The van der Waals surface area contributed by atoms with E-state index in [0.29, 0.717) is 31.2 Å². The fourth-order valence-corrected chi connectivity index (χ4v) is 3.04. The molecule has 0 atom stereocenters. The summed E-state index contributed by atoms with van der Waals surface area (Å²) in [6.07, 6.45) is 3.39. The predicted octanol–water partition coefficient (Wildman–Crippen LogP) is 2.35. The number of rotatable bonds is 6. The number of nitrogens with zero attached hydrogens (tertiary/aromatic N) is 4. The summed E-state index contributed by atoms with van der Waals surface area (Å²) in [5.74, 6) is 0.258. The molecule has 1 aliphatic rings. The molecule has 7 nitrogen and oxygen atoms in total. The Morgan fingerprint density at radius 2 is 2.04 bits per heavy atom. The van der Waals surface area contributed by atoms with Gasteiger partial charge < -0.3 is 14.2 Å². The summed E-state index contributed by atoms with van der Waals surface area (Å²) in [5.41, 5.74) is 0.324. The van der Waals surface area contributed by atoms with Gasteiger partial charge >= 0.3 is 5.56 Å². The molecule has 1 amide bonds. The van der Waals surface area contributed by atoms with Gasteiger partial charge in [0, 0.05) is 25.3 Å². The molecule has 0 radical (unpaired) electrons. The summed E-state index contributed by atoms with van der Waals surface area (Å²) in [5, 5.41) is 0. The largest absolute Gasteiger partial charge is 0.486 e. The molecule has 0 fully saturated rings. The van der Waals surface area contributed by atoms with Gasteiger partial charge in [0.25, 0.3) is 5.91 Å². The maximum Gasteiger partial charge on any atom is 0.316 e. The lowest BCUT2D eigenvalue weighted by Crippen LogP contribution is -2.46. The standard InChI is InChI=1S/C19H24N4O3/c1-4-5-12-26-16-15-19(25)22(13(2)3)10-11-23(15)17(21-18(16)24)14-8-6-7-9-20-14/h6-9,13H,4-5,10-12H2,1-3H3. The highest BCUT2D eigenvalue weighted by Gasteiger charge is 2.33. The van der Waals surface area contributed by atoms with E-state index in [1.165, 1.54) is 0 Å². The van der Waals surface area contributed by atoms with Crippen LogP contribution in [0.25, 0.3) is 11.5 Å². The van der Waals surface area contributed by atoms with E-state index in [9.17, 15) is 9.59 Å². The van der Waals surface area contributed by atoms with Crippen LogP contribution in [0.3, 0.4) is 0 Å². The van der Waals surface area contributed by atoms with E-state index >= 15 is 0 Å². The van der Waals surface area contributed by atoms with Gasteiger partial charge in [0.1, 0.15) is 5.69 Å². The van der Waals surface area contributed by atoms with E-state index in [2.05, 4.69) is 9.97 Å². The number of unbranched alkanes of at least 4 members (excludes halogenated alkanes) is 1. The van der Waals surface area contributed by atoms with Gasteiger partial charge in [0.05, 0.1) is 6.61 Å². The molecule has 0 aromatic carbocycles. The van der Waals surface area contributed by atoms with Gasteiger partial charge in [-0.15, -0.1) is 0 Å². The van der Waals surface area contributed by atoms with Crippen molar-refractivity contribution in [1.29, 1.82) is 0 Å². The van der Waals surface area contributed by atoms with Crippen molar-refractivity contribution in [2.24, 2.45) is 0 Å². The average molecular weight is 356 g/mol. The lowest BCUT2D eigenvalue weighted by Gasteiger charge is -2.34. The van der Waals surface area contributed by atoms with Crippen molar-refractivity contribution in [1.82, 2.24) is 19.4 Å². The topological polar surface area (TPSA) is 77.3 Å². The monoisotopic (exact) mass is 356 g/mol. The SMILES string of the molecule is CCCCOc1c2n(c(-c3ccccn3)nc1=O)CCN(C(C)C)C2=O. The molecule has 2 aromatic heterocycles. The third kappa shape index (κ3) is 3.34. The van der Waals surface area contributed by atoms with Crippen molar-refractivity contribution in [2.75, 3.05) is 13.2 Å². The van der Waals surface area contributed by atoms with Gasteiger partial charge in [-0.25, -0.2) is 0 Å². The van der Waals surface area contributed by atoms with Crippen LogP contribution in [-0.4, -0.2) is 44.5 Å². The molecule has 0 aliphatic carbocycles. The second kappa shape index (κ2) is 7.68. The van der Waals surface area contributed by atoms with Crippen molar-refractivity contribution in [3.8, 4) is 17.3 Å². The van der Waals surface area contributed by atoms with Crippen molar-refractivity contribution < 1.29 is 9.53 Å². The molecule has 7 heteroatoms. The summed E-state index contributed by atoms with van der Waals surface area (Å²) in [6.45, 7) is 7.46. The molecule has 3 rings (SSSR count). The highest BCUT2D eigenvalue weighted by atomic mass is 16.5. The van der Waals surface area contributed by atoms with Gasteiger partial charge in [0.15, 0.2) is 11.5 Å². The number of hydrogen-bond acceptors (Lipinski definition) is 5.